The SMILES string of the molecule is C[C@@H](C(=O)Nc1ccc(-c2ccccc2)n(Cc2cncc(C(=O)c3ccc(F)cc3)c2)c1=O)N(C)C(=O)OCc1ccccc1. The number of pyridine rings is 2. The Morgan fingerprint density at radius 1 is 0.870 bits per heavy atom. The number of likely N-dealkylation sites (N-methyl/N-ethyl adjacent to an activating group) is 1. The summed E-state index contributed by atoms with van der Waals surface area (Å²) in [4.78, 5) is 58.1. The largest absolute Gasteiger partial charge is 0.445 e. The molecule has 0 saturated heterocycles. The van der Waals surface area contributed by atoms with Crippen molar-refractivity contribution in [3.63, 3.8) is 0 Å². The molecule has 2 aromatic heterocycles. The van der Waals surface area contributed by atoms with Gasteiger partial charge in [-0.25, -0.2) is 9.18 Å². The van der Waals surface area contributed by atoms with Crippen LogP contribution in [0, 0.1) is 5.82 Å². The number of benzene rings is 3. The number of halogens is 1. The van der Waals surface area contributed by atoms with Crippen molar-refractivity contribution < 1.29 is 23.5 Å². The highest BCUT2D eigenvalue weighted by Crippen LogP contribution is 2.21. The Bertz CT molecular complexity index is 1910. The molecule has 2 amide bonds. The lowest BCUT2D eigenvalue weighted by atomic mass is 10.0. The van der Waals surface area contributed by atoms with Crippen molar-refractivity contribution in [3.8, 4) is 11.3 Å². The van der Waals surface area contributed by atoms with E-state index in [0.29, 0.717) is 16.8 Å². The molecule has 9 nitrogen and oxygen atoms in total. The number of ketones is 1. The fourth-order valence-electron chi connectivity index (χ4n) is 4.73. The molecule has 0 saturated carbocycles. The van der Waals surface area contributed by atoms with E-state index in [1.807, 2.05) is 60.7 Å². The molecule has 0 bridgehead atoms. The first-order valence-electron chi connectivity index (χ1n) is 14.5. The van der Waals surface area contributed by atoms with Gasteiger partial charge >= 0.3 is 6.09 Å². The second-order valence-corrected chi connectivity index (χ2v) is 10.6. The van der Waals surface area contributed by atoms with Crippen molar-refractivity contribution in [2.45, 2.75) is 26.1 Å². The summed E-state index contributed by atoms with van der Waals surface area (Å²) in [5, 5.41) is 2.66. The van der Waals surface area contributed by atoms with Gasteiger partial charge in [-0.3, -0.25) is 24.3 Å². The highest BCUT2D eigenvalue weighted by molar-refractivity contribution is 6.08. The minimum absolute atomic E-state index is 0.00841. The van der Waals surface area contributed by atoms with Crippen molar-refractivity contribution in [2.24, 2.45) is 0 Å². The predicted molar refractivity (Wildman–Crippen MR) is 172 cm³/mol. The van der Waals surface area contributed by atoms with E-state index in [0.717, 1.165) is 16.0 Å². The number of anilines is 1. The van der Waals surface area contributed by atoms with Crippen molar-refractivity contribution in [1.82, 2.24) is 14.5 Å². The maximum absolute atomic E-state index is 13.9. The van der Waals surface area contributed by atoms with Crippen molar-refractivity contribution >= 4 is 23.5 Å². The van der Waals surface area contributed by atoms with Crippen molar-refractivity contribution in [1.29, 1.82) is 0 Å². The minimum Gasteiger partial charge on any atom is -0.445 e. The Kier molecular flexibility index (Phi) is 9.77. The number of hydrogen-bond acceptors (Lipinski definition) is 6. The molecule has 0 fully saturated rings. The number of rotatable bonds is 10. The summed E-state index contributed by atoms with van der Waals surface area (Å²) in [6, 6.07) is 27.6. The third kappa shape index (κ3) is 7.41. The van der Waals surface area contributed by atoms with E-state index in [9.17, 15) is 23.6 Å². The molecule has 2 heterocycles. The second kappa shape index (κ2) is 14.3. The molecule has 46 heavy (non-hydrogen) atoms. The Morgan fingerprint density at radius 3 is 2.24 bits per heavy atom. The fraction of sp³-hybridized carbons (Fsp3) is 0.139. The normalized spacial score (nSPS) is 11.4. The molecule has 0 radical (unpaired) electrons. The van der Waals surface area contributed by atoms with Gasteiger partial charge in [-0.2, -0.15) is 0 Å². The van der Waals surface area contributed by atoms with Crippen molar-refractivity contribution in [3.05, 3.63) is 154 Å². The number of ether oxygens (including phenoxy) is 1. The smallest absolute Gasteiger partial charge is 0.410 e. The molecular formula is C36H31FN4O5. The maximum Gasteiger partial charge on any atom is 0.410 e. The quantitative estimate of drug-likeness (QED) is 0.195. The molecule has 10 heteroatoms. The summed E-state index contributed by atoms with van der Waals surface area (Å²) in [6.45, 7) is 1.62. The van der Waals surface area contributed by atoms with Crippen LogP contribution in [0.2, 0.25) is 0 Å². The first-order chi connectivity index (χ1) is 22.2. The molecule has 0 aliphatic heterocycles. The highest BCUT2D eigenvalue weighted by atomic mass is 19.1. The third-order valence-corrected chi connectivity index (χ3v) is 7.46. The first-order valence-corrected chi connectivity index (χ1v) is 14.5. The summed E-state index contributed by atoms with van der Waals surface area (Å²) in [5.74, 6) is -1.37. The van der Waals surface area contributed by atoms with Crippen molar-refractivity contribution in [2.75, 3.05) is 12.4 Å². The number of carbonyl (C=O) groups is 3. The molecule has 0 aliphatic carbocycles. The number of carbonyl (C=O) groups excluding carboxylic acids is 3. The predicted octanol–water partition coefficient (Wildman–Crippen LogP) is 5.92. The van der Waals surface area contributed by atoms with Crippen LogP contribution in [0.3, 0.4) is 0 Å². The average molecular weight is 619 g/mol. The van der Waals surface area contributed by atoms with Gasteiger partial charge in [0.05, 0.1) is 12.2 Å². The van der Waals surface area contributed by atoms with Gasteiger partial charge in [0.2, 0.25) is 5.91 Å². The summed E-state index contributed by atoms with van der Waals surface area (Å²) in [7, 11) is 1.45. The van der Waals surface area contributed by atoms with Crippen LogP contribution in [0.15, 0.2) is 120 Å². The molecule has 5 rings (SSSR count). The highest BCUT2D eigenvalue weighted by Gasteiger charge is 2.25. The van der Waals surface area contributed by atoms with Crippen LogP contribution in [-0.4, -0.2) is 45.3 Å². The van der Waals surface area contributed by atoms with Gasteiger partial charge < -0.3 is 14.6 Å². The molecule has 1 N–H and O–H groups in total. The number of hydrogen-bond donors (Lipinski definition) is 1. The molecule has 0 unspecified atom stereocenters. The maximum atomic E-state index is 13.9. The Hall–Kier alpha value is -5.90. The molecule has 0 spiro atoms. The van der Waals surface area contributed by atoms with E-state index in [2.05, 4.69) is 10.3 Å². The molecular weight excluding hydrogens is 587 g/mol. The molecule has 5 aromatic rings. The van der Waals surface area contributed by atoms with E-state index in [-0.39, 0.29) is 30.2 Å². The lowest BCUT2D eigenvalue weighted by molar-refractivity contribution is -0.120. The average Bonchev–Trinajstić information content (AvgIpc) is 3.09. The third-order valence-electron chi connectivity index (χ3n) is 7.46. The number of amides is 2. The van der Waals surface area contributed by atoms with Gasteiger partial charge in [0, 0.05) is 30.6 Å². The minimum atomic E-state index is -0.955. The molecule has 232 valence electrons. The zero-order valence-corrected chi connectivity index (χ0v) is 25.2. The van der Waals surface area contributed by atoms with Crippen LogP contribution >= 0.6 is 0 Å². The van der Waals surface area contributed by atoms with Crippen LogP contribution in [0.25, 0.3) is 11.3 Å². The summed E-state index contributed by atoms with van der Waals surface area (Å²) in [5.41, 5.74) is 2.80. The first kappa shape index (κ1) is 31.5. The van der Waals surface area contributed by atoms with Crippen LogP contribution in [0.1, 0.15) is 34.0 Å². The topological polar surface area (TPSA) is 111 Å². The van der Waals surface area contributed by atoms with Gasteiger partial charge in [0.1, 0.15) is 24.2 Å². The molecule has 3 aromatic carbocycles. The van der Waals surface area contributed by atoms with Gasteiger partial charge in [0.15, 0.2) is 5.78 Å². The van der Waals surface area contributed by atoms with Crippen LogP contribution in [-0.2, 0) is 22.7 Å². The van der Waals surface area contributed by atoms with E-state index in [1.54, 1.807) is 18.3 Å². The van der Waals surface area contributed by atoms with Gasteiger partial charge in [-0.15, -0.1) is 0 Å². The van der Waals surface area contributed by atoms with Crippen LogP contribution in [0.5, 0.6) is 0 Å². The van der Waals surface area contributed by atoms with Crippen LogP contribution < -0.4 is 10.9 Å². The fourth-order valence-corrected chi connectivity index (χ4v) is 4.73. The number of nitrogens with one attached hydrogen (secondary N) is 1. The Morgan fingerprint density at radius 2 is 1.54 bits per heavy atom. The molecule has 1 atom stereocenters. The zero-order valence-electron chi connectivity index (χ0n) is 25.2. The van der Waals surface area contributed by atoms with E-state index in [4.69, 9.17) is 4.74 Å². The van der Waals surface area contributed by atoms with Gasteiger partial charge in [-0.1, -0.05) is 60.7 Å². The van der Waals surface area contributed by atoms with E-state index in [1.165, 1.54) is 55.1 Å². The van der Waals surface area contributed by atoms with Gasteiger partial charge in [0.25, 0.3) is 5.56 Å². The summed E-state index contributed by atoms with van der Waals surface area (Å²) in [6.07, 6.45) is 2.27. The lowest BCUT2D eigenvalue weighted by Crippen LogP contribution is -2.44. The summed E-state index contributed by atoms with van der Waals surface area (Å²) >= 11 is 0. The second-order valence-electron chi connectivity index (χ2n) is 10.6. The van der Waals surface area contributed by atoms with E-state index < -0.39 is 29.4 Å². The number of aromatic nitrogens is 2. The molecule has 0 aliphatic rings. The monoisotopic (exact) mass is 618 g/mol. The standard InChI is InChI=1S/C36H31FN4O5/c1-24(40(2)36(45)46-23-25-9-5-3-6-10-25)34(43)39-31-17-18-32(27-11-7-4-8-12-27)41(35(31)44)22-26-19-29(21-38-20-26)33(42)28-13-15-30(37)16-14-28/h3-21,24H,22-23H2,1-2H3,(H,39,43)/t24-/m0/s1. The van der Waals surface area contributed by atoms with Gasteiger partial charge in [-0.05, 0) is 66.1 Å². The Labute approximate surface area is 264 Å². The zero-order chi connectivity index (χ0) is 32.6. The number of nitrogens with zero attached hydrogens (tertiary/aromatic N) is 3. The lowest BCUT2D eigenvalue weighted by Gasteiger charge is -2.24. The Balaban J connectivity index is 1.38. The van der Waals surface area contributed by atoms with Crippen LogP contribution in [0.4, 0.5) is 14.9 Å². The van der Waals surface area contributed by atoms with E-state index >= 15 is 0 Å². The summed E-state index contributed by atoms with van der Waals surface area (Å²) < 4.78 is 20.2.